The lowest BCUT2D eigenvalue weighted by Gasteiger charge is -2.17. The summed E-state index contributed by atoms with van der Waals surface area (Å²) in [7, 11) is 0. The van der Waals surface area contributed by atoms with Crippen LogP contribution in [0.1, 0.15) is 18.7 Å². The highest BCUT2D eigenvalue weighted by Gasteiger charge is 2.20. The normalized spacial score (nSPS) is 15.7. The highest BCUT2D eigenvalue weighted by Crippen LogP contribution is 2.22. The van der Waals surface area contributed by atoms with Gasteiger partial charge < -0.3 is 10.6 Å². The van der Waals surface area contributed by atoms with Crippen molar-refractivity contribution in [2.45, 2.75) is 13.0 Å². The number of nitrogens with one attached hydrogen (secondary N) is 2. The number of hydrogen-bond donors (Lipinski definition) is 2. The highest BCUT2D eigenvalue weighted by molar-refractivity contribution is 5.94. The zero-order valence-electron chi connectivity index (χ0n) is 11.9. The molecule has 3 rings (SSSR count). The standard InChI is InChI=1S/C16H18N4O/c1-12(15-4-2-3-9-17-15)19-13-5-7-14(8-6-13)20-11-10-18-16(20)21/h2-9,12,19H,10-11H2,1H3,(H,18,21). The molecule has 2 heterocycles. The Morgan fingerprint density at radius 2 is 2.05 bits per heavy atom. The van der Waals surface area contributed by atoms with Crippen molar-refractivity contribution in [3.8, 4) is 0 Å². The quantitative estimate of drug-likeness (QED) is 0.906. The summed E-state index contributed by atoms with van der Waals surface area (Å²) in [5.41, 5.74) is 2.93. The van der Waals surface area contributed by atoms with Crippen molar-refractivity contribution in [2.75, 3.05) is 23.3 Å². The molecular formula is C16H18N4O. The summed E-state index contributed by atoms with van der Waals surface area (Å²) in [6.45, 7) is 3.50. The van der Waals surface area contributed by atoms with Gasteiger partial charge in [-0.15, -0.1) is 0 Å². The first-order valence-electron chi connectivity index (χ1n) is 7.07. The summed E-state index contributed by atoms with van der Waals surface area (Å²) < 4.78 is 0. The van der Waals surface area contributed by atoms with Gasteiger partial charge in [-0.3, -0.25) is 9.88 Å². The Hall–Kier alpha value is -2.56. The van der Waals surface area contributed by atoms with Crippen molar-refractivity contribution < 1.29 is 4.79 Å². The Bertz CT molecular complexity index is 612. The van der Waals surface area contributed by atoms with Crippen molar-refractivity contribution in [2.24, 2.45) is 0 Å². The van der Waals surface area contributed by atoms with Crippen LogP contribution in [-0.2, 0) is 0 Å². The molecule has 5 nitrogen and oxygen atoms in total. The van der Waals surface area contributed by atoms with Gasteiger partial charge in [-0.05, 0) is 43.3 Å². The van der Waals surface area contributed by atoms with Crippen molar-refractivity contribution in [1.82, 2.24) is 10.3 Å². The number of aromatic nitrogens is 1. The minimum atomic E-state index is -0.0300. The van der Waals surface area contributed by atoms with Crippen molar-refractivity contribution in [3.05, 3.63) is 54.4 Å². The summed E-state index contributed by atoms with van der Waals surface area (Å²) >= 11 is 0. The van der Waals surface area contributed by atoms with E-state index in [1.807, 2.05) is 42.5 Å². The fourth-order valence-corrected chi connectivity index (χ4v) is 2.41. The maximum Gasteiger partial charge on any atom is 0.321 e. The lowest BCUT2D eigenvalue weighted by Crippen LogP contribution is -2.27. The van der Waals surface area contributed by atoms with E-state index in [0.29, 0.717) is 6.54 Å². The summed E-state index contributed by atoms with van der Waals surface area (Å²) in [4.78, 5) is 17.7. The number of nitrogens with zero attached hydrogens (tertiary/aromatic N) is 2. The molecule has 1 atom stereocenters. The second kappa shape index (κ2) is 5.83. The molecule has 0 spiro atoms. The van der Waals surface area contributed by atoms with Gasteiger partial charge in [0.1, 0.15) is 0 Å². The van der Waals surface area contributed by atoms with Crippen LogP contribution in [-0.4, -0.2) is 24.1 Å². The number of amides is 2. The molecule has 1 saturated heterocycles. The fraction of sp³-hybridized carbons (Fsp3) is 0.250. The third kappa shape index (κ3) is 2.97. The zero-order valence-corrected chi connectivity index (χ0v) is 11.9. The van der Waals surface area contributed by atoms with Gasteiger partial charge in [0.05, 0.1) is 11.7 Å². The van der Waals surface area contributed by atoms with Crippen LogP contribution in [0.25, 0.3) is 0 Å². The van der Waals surface area contributed by atoms with Crippen LogP contribution < -0.4 is 15.5 Å². The van der Waals surface area contributed by atoms with E-state index in [9.17, 15) is 4.79 Å². The molecule has 1 aromatic heterocycles. The van der Waals surface area contributed by atoms with Gasteiger partial charge in [0.15, 0.2) is 0 Å². The number of carbonyl (C=O) groups is 1. The fourth-order valence-electron chi connectivity index (χ4n) is 2.41. The van der Waals surface area contributed by atoms with Crippen molar-refractivity contribution in [3.63, 3.8) is 0 Å². The van der Waals surface area contributed by atoms with Crippen LogP contribution in [0.3, 0.4) is 0 Å². The van der Waals surface area contributed by atoms with Crippen LogP contribution >= 0.6 is 0 Å². The average Bonchev–Trinajstić information content (AvgIpc) is 2.95. The van der Waals surface area contributed by atoms with E-state index in [4.69, 9.17) is 0 Å². The van der Waals surface area contributed by atoms with Gasteiger partial charge in [-0.1, -0.05) is 6.07 Å². The molecule has 1 aromatic carbocycles. The molecule has 1 aliphatic rings. The second-order valence-electron chi connectivity index (χ2n) is 5.05. The summed E-state index contributed by atoms with van der Waals surface area (Å²) in [6.07, 6.45) is 1.79. The van der Waals surface area contributed by atoms with Gasteiger partial charge >= 0.3 is 6.03 Å². The Morgan fingerprint density at radius 3 is 2.67 bits per heavy atom. The number of anilines is 2. The van der Waals surface area contributed by atoms with Crippen molar-refractivity contribution in [1.29, 1.82) is 0 Å². The molecule has 1 unspecified atom stereocenters. The van der Waals surface area contributed by atoms with E-state index in [1.165, 1.54) is 0 Å². The number of hydrogen-bond acceptors (Lipinski definition) is 3. The SMILES string of the molecule is CC(Nc1ccc(N2CCNC2=O)cc1)c1ccccn1. The topological polar surface area (TPSA) is 57.3 Å². The monoisotopic (exact) mass is 282 g/mol. The smallest absolute Gasteiger partial charge is 0.321 e. The molecule has 108 valence electrons. The number of benzene rings is 1. The predicted octanol–water partition coefficient (Wildman–Crippen LogP) is 2.78. The van der Waals surface area contributed by atoms with Crippen LogP contribution in [0.5, 0.6) is 0 Å². The number of carbonyl (C=O) groups excluding carboxylic acids is 1. The molecule has 0 bridgehead atoms. The molecule has 5 heteroatoms. The average molecular weight is 282 g/mol. The summed E-state index contributed by atoms with van der Waals surface area (Å²) in [6, 6.07) is 13.9. The van der Waals surface area contributed by atoms with Gasteiger partial charge in [-0.2, -0.15) is 0 Å². The molecule has 1 fully saturated rings. The van der Waals surface area contributed by atoms with E-state index < -0.39 is 0 Å². The van der Waals surface area contributed by atoms with E-state index in [1.54, 1.807) is 11.1 Å². The molecule has 0 aliphatic carbocycles. The number of rotatable bonds is 4. The molecule has 2 N–H and O–H groups in total. The molecule has 21 heavy (non-hydrogen) atoms. The van der Waals surface area contributed by atoms with Crippen LogP contribution in [0.4, 0.5) is 16.2 Å². The first kappa shape index (κ1) is 13.4. The first-order valence-corrected chi connectivity index (χ1v) is 7.07. The largest absolute Gasteiger partial charge is 0.377 e. The minimum Gasteiger partial charge on any atom is -0.377 e. The van der Waals surface area contributed by atoms with Gasteiger partial charge in [-0.25, -0.2) is 4.79 Å². The van der Waals surface area contributed by atoms with E-state index >= 15 is 0 Å². The van der Waals surface area contributed by atoms with Gasteiger partial charge in [0.2, 0.25) is 0 Å². The van der Waals surface area contributed by atoms with Gasteiger partial charge in [0.25, 0.3) is 0 Å². The Morgan fingerprint density at radius 1 is 1.24 bits per heavy atom. The van der Waals surface area contributed by atoms with E-state index in [0.717, 1.165) is 23.6 Å². The third-order valence-corrected chi connectivity index (χ3v) is 3.55. The second-order valence-corrected chi connectivity index (χ2v) is 5.05. The zero-order chi connectivity index (χ0) is 14.7. The third-order valence-electron chi connectivity index (χ3n) is 3.55. The van der Waals surface area contributed by atoms with Crippen molar-refractivity contribution >= 4 is 17.4 Å². The Balaban J connectivity index is 1.68. The van der Waals surface area contributed by atoms with Crippen LogP contribution in [0.2, 0.25) is 0 Å². The molecule has 2 amide bonds. The highest BCUT2D eigenvalue weighted by atomic mass is 16.2. The molecule has 2 aromatic rings. The molecular weight excluding hydrogens is 264 g/mol. The lowest BCUT2D eigenvalue weighted by molar-refractivity contribution is 0.252. The molecule has 0 radical (unpaired) electrons. The van der Waals surface area contributed by atoms with Crippen LogP contribution in [0.15, 0.2) is 48.7 Å². The van der Waals surface area contributed by atoms with Crippen LogP contribution in [0, 0.1) is 0 Å². The summed E-state index contributed by atoms with van der Waals surface area (Å²) in [5, 5.41) is 6.21. The lowest BCUT2D eigenvalue weighted by atomic mass is 10.2. The predicted molar refractivity (Wildman–Crippen MR) is 83.5 cm³/mol. The van der Waals surface area contributed by atoms with E-state index in [2.05, 4.69) is 22.5 Å². The Kier molecular flexibility index (Phi) is 3.73. The Labute approximate surface area is 124 Å². The molecule has 0 saturated carbocycles. The first-order chi connectivity index (χ1) is 10.2. The number of pyridine rings is 1. The van der Waals surface area contributed by atoms with E-state index in [-0.39, 0.29) is 12.1 Å². The maximum atomic E-state index is 11.6. The maximum absolute atomic E-state index is 11.6. The minimum absolute atomic E-state index is 0.0300. The summed E-state index contributed by atoms with van der Waals surface area (Å²) in [5.74, 6) is 0. The van der Waals surface area contributed by atoms with Gasteiger partial charge in [0, 0.05) is 30.7 Å². The number of urea groups is 1. The molecule has 1 aliphatic heterocycles.